The lowest BCUT2D eigenvalue weighted by Gasteiger charge is -2.31. The molecule has 0 bridgehead atoms. The third-order valence-electron chi connectivity index (χ3n) is 6.55. The van der Waals surface area contributed by atoms with Gasteiger partial charge in [0.2, 0.25) is 0 Å². The van der Waals surface area contributed by atoms with Gasteiger partial charge < -0.3 is 4.74 Å². The van der Waals surface area contributed by atoms with Gasteiger partial charge in [-0.05, 0) is 82.0 Å². The number of allylic oxidation sites excluding steroid dienone is 1. The van der Waals surface area contributed by atoms with E-state index in [0.29, 0.717) is 14.4 Å². The van der Waals surface area contributed by atoms with Crippen LogP contribution in [0.4, 0.5) is 0 Å². The summed E-state index contributed by atoms with van der Waals surface area (Å²) in [5, 5.41) is 0.657. The summed E-state index contributed by atoms with van der Waals surface area (Å²) < 4.78 is 8.85. The van der Waals surface area contributed by atoms with Crippen molar-refractivity contribution in [2.45, 2.75) is 18.9 Å². The van der Waals surface area contributed by atoms with E-state index in [9.17, 15) is 4.79 Å². The summed E-state index contributed by atoms with van der Waals surface area (Å²) in [7, 11) is 1.66. The molecule has 0 saturated heterocycles. The Balaban J connectivity index is 1.61. The Kier molecular flexibility index (Phi) is 5.90. The van der Waals surface area contributed by atoms with E-state index in [0.717, 1.165) is 50.1 Å². The predicted octanol–water partition coefficient (Wildman–Crippen LogP) is 5.59. The van der Waals surface area contributed by atoms with Gasteiger partial charge in [0.05, 0.1) is 27.0 Å². The number of rotatable bonds is 3. The minimum Gasteiger partial charge on any atom is -0.496 e. The summed E-state index contributed by atoms with van der Waals surface area (Å²) in [6.07, 6.45) is 3.69. The van der Waals surface area contributed by atoms with Crippen molar-refractivity contribution >= 4 is 57.3 Å². The highest BCUT2D eigenvalue weighted by Crippen LogP contribution is 2.42. The SMILES string of the molecule is COc1ccc(/C=c2\sc3n(c2=O)C(c2ccccc2Cl)C2=C(N=3)c3ccccc3CC2)cc1I. The molecule has 2 heterocycles. The second-order valence-electron chi connectivity index (χ2n) is 8.53. The second-order valence-corrected chi connectivity index (χ2v) is 11.1. The van der Waals surface area contributed by atoms with Gasteiger partial charge in [0.25, 0.3) is 5.56 Å². The molecule has 174 valence electrons. The molecule has 0 N–H and O–H groups in total. The molecule has 3 aromatic carbocycles. The van der Waals surface area contributed by atoms with E-state index >= 15 is 0 Å². The maximum Gasteiger partial charge on any atom is 0.271 e. The minimum absolute atomic E-state index is 0.0464. The number of nitrogens with zero attached hydrogens (tertiary/aromatic N) is 2. The third-order valence-corrected chi connectivity index (χ3v) is 8.72. The Hall–Kier alpha value is -2.68. The van der Waals surface area contributed by atoms with Crippen LogP contribution in [-0.4, -0.2) is 11.7 Å². The summed E-state index contributed by atoms with van der Waals surface area (Å²) in [5.74, 6) is 0.814. The van der Waals surface area contributed by atoms with Gasteiger partial charge in [0.1, 0.15) is 5.75 Å². The topological polar surface area (TPSA) is 43.6 Å². The number of hydrogen-bond acceptors (Lipinski definition) is 4. The van der Waals surface area contributed by atoms with Crippen molar-refractivity contribution < 1.29 is 4.74 Å². The van der Waals surface area contributed by atoms with Crippen molar-refractivity contribution in [2.24, 2.45) is 4.99 Å². The molecule has 2 aliphatic rings. The lowest BCUT2D eigenvalue weighted by atomic mass is 9.83. The molecular weight excluding hydrogens is 591 g/mol. The number of benzene rings is 3. The molecule has 1 aliphatic heterocycles. The van der Waals surface area contributed by atoms with E-state index < -0.39 is 0 Å². The van der Waals surface area contributed by atoms with Gasteiger partial charge >= 0.3 is 0 Å². The van der Waals surface area contributed by atoms with Crippen LogP contribution in [0.5, 0.6) is 5.75 Å². The van der Waals surface area contributed by atoms with Gasteiger partial charge in [-0.2, -0.15) is 0 Å². The van der Waals surface area contributed by atoms with Crippen molar-refractivity contribution in [3.8, 4) is 5.75 Å². The first-order valence-electron chi connectivity index (χ1n) is 11.3. The molecule has 0 radical (unpaired) electrons. The first kappa shape index (κ1) is 22.8. The molecule has 6 rings (SSSR count). The average Bonchev–Trinajstić information content (AvgIpc) is 3.18. The largest absolute Gasteiger partial charge is 0.496 e. The summed E-state index contributed by atoms with van der Waals surface area (Å²) >= 11 is 10.4. The van der Waals surface area contributed by atoms with Crippen molar-refractivity contribution in [2.75, 3.05) is 7.11 Å². The number of methoxy groups -OCH3 is 1. The Labute approximate surface area is 225 Å². The smallest absolute Gasteiger partial charge is 0.271 e. The highest BCUT2D eigenvalue weighted by molar-refractivity contribution is 14.1. The highest BCUT2D eigenvalue weighted by Gasteiger charge is 2.33. The molecule has 1 atom stereocenters. The fraction of sp³-hybridized carbons (Fsp3) is 0.143. The van der Waals surface area contributed by atoms with E-state index in [-0.39, 0.29) is 11.6 Å². The molecule has 0 saturated carbocycles. The minimum atomic E-state index is -0.276. The molecule has 1 aliphatic carbocycles. The Morgan fingerprint density at radius 1 is 1.11 bits per heavy atom. The molecule has 1 aromatic heterocycles. The summed E-state index contributed by atoms with van der Waals surface area (Å²) in [4.78, 5) is 19.6. The monoisotopic (exact) mass is 610 g/mol. The normalized spacial score (nSPS) is 16.9. The molecule has 1 unspecified atom stereocenters. The zero-order valence-corrected chi connectivity index (χ0v) is 22.5. The molecule has 35 heavy (non-hydrogen) atoms. The third kappa shape index (κ3) is 3.88. The zero-order valence-electron chi connectivity index (χ0n) is 18.8. The van der Waals surface area contributed by atoms with Crippen LogP contribution in [0, 0.1) is 3.57 Å². The first-order chi connectivity index (χ1) is 17.0. The molecule has 4 aromatic rings. The van der Waals surface area contributed by atoms with Gasteiger partial charge in [-0.3, -0.25) is 9.36 Å². The fourth-order valence-electron chi connectivity index (χ4n) is 4.92. The highest BCUT2D eigenvalue weighted by atomic mass is 127. The summed E-state index contributed by atoms with van der Waals surface area (Å²) in [5.41, 5.74) is 6.40. The van der Waals surface area contributed by atoms with Gasteiger partial charge in [-0.15, -0.1) is 0 Å². The number of fused-ring (bicyclic) bond motifs is 3. The van der Waals surface area contributed by atoms with E-state index in [4.69, 9.17) is 21.3 Å². The average molecular weight is 611 g/mol. The van der Waals surface area contributed by atoms with Crippen LogP contribution >= 0.6 is 45.5 Å². The van der Waals surface area contributed by atoms with Crippen LogP contribution in [0.3, 0.4) is 0 Å². The number of ether oxygens (including phenoxy) is 1. The lowest BCUT2D eigenvalue weighted by Crippen LogP contribution is -2.38. The molecule has 0 spiro atoms. The Morgan fingerprint density at radius 3 is 2.71 bits per heavy atom. The van der Waals surface area contributed by atoms with Crippen LogP contribution in [0.25, 0.3) is 11.8 Å². The van der Waals surface area contributed by atoms with E-state index in [1.807, 2.05) is 53.1 Å². The number of hydrogen-bond donors (Lipinski definition) is 0. The quantitative estimate of drug-likeness (QED) is 0.284. The van der Waals surface area contributed by atoms with E-state index in [1.54, 1.807) is 7.11 Å². The van der Waals surface area contributed by atoms with Crippen molar-refractivity contribution in [1.29, 1.82) is 0 Å². The molecule has 4 nitrogen and oxygen atoms in total. The van der Waals surface area contributed by atoms with Crippen LogP contribution in [0.15, 0.2) is 82.1 Å². The van der Waals surface area contributed by atoms with Crippen LogP contribution < -0.4 is 19.6 Å². The number of thiazole rings is 1. The molecule has 0 amide bonds. The summed E-state index contributed by atoms with van der Waals surface area (Å²) in [6.45, 7) is 0. The van der Waals surface area contributed by atoms with Gasteiger partial charge in [-0.1, -0.05) is 71.5 Å². The first-order valence-corrected chi connectivity index (χ1v) is 13.5. The molecular formula is C28H20ClIN2O2S. The predicted molar refractivity (Wildman–Crippen MR) is 150 cm³/mol. The Morgan fingerprint density at radius 2 is 1.91 bits per heavy atom. The van der Waals surface area contributed by atoms with Crippen LogP contribution in [-0.2, 0) is 6.42 Å². The van der Waals surface area contributed by atoms with Crippen molar-refractivity contribution in [3.63, 3.8) is 0 Å². The second kappa shape index (κ2) is 9.08. The maximum atomic E-state index is 13.8. The van der Waals surface area contributed by atoms with Gasteiger partial charge in [0, 0.05) is 10.6 Å². The van der Waals surface area contributed by atoms with E-state index in [2.05, 4.69) is 46.9 Å². The fourth-order valence-corrected chi connectivity index (χ4v) is 6.92. The van der Waals surface area contributed by atoms with Crippen molar-refractivity contribution in [1.82, 2.24) is 4.57 Å². The van der Waals surface area contributed by atoms with Crippen molar-refractivity contribution in [3.05, 3.63) is 123 Å². The number of aryl methyl sites for hydroxylation is 1. The lowest BCUT2D eigenvalue weighted by molar-refractivity contribution is 0.412. The molecule has 7 heteroatoms. The maximum absolute atomic E-state index is 13.8. The standard InChI is InChI=1S/C28H20ClIN2O2S/c1-34-23-13-10-16(14-22(23)30)15-24-27(33)32-26(19-8-4-5-9-21(19)29)20-12-11-17-6-2-3-7-18(17)25(20)31-28(32)35-24/h2-10,13-15,26H,11-12H2,1H3/b24-15-. The van der Waals surface area contributed by atoms with E-state index in [1.165, 1.54) is 16.9 Å². The summed E-state index contributed by atoms with van der Waals surface area (Å²) in [6, 6.07) is 21.9. The number of aromatic nitrogens is 1. The number of halogens is 2. The van der Waals surface area contributed by atoms with Crippen LogP contribution in [0.2, 0.25) is 5.02 Å². The zero-order chi connectivity index (χ0) is 24.1. The van der Waals surface area contributed by atoms with Gasteiger partial charge in [0.15, 0.2) is 4.80 Å². The Bertz CT molecular complexity index is 1700. The molecule has 0 fully saturated rings. The van der Waals surface area contributed by atoms with Crippen LogP contribution in [0.1, 0.15) is 34.7 Å². The van der Waals surface area contributed by atoms with Gasteiger partial charge in [-0.25, -0.2) is 4.99 Å².